The second-order valence-electron chi connectivity index (χ2n) is 6.42. The van der Waals surface area contributed by atoms with Crippen molar-refractivity contribution < 1.29 is 13.2 Å². The lowest BCUT2D eigenvalue weighted by Crippen LogP contribution is -2.44. The molecule has 1 saturated heterocycles. The Kier molecular flexibility index (Phi) is 6.64. The summed E-state index contributed by atoms with van der Waals surface area (Å²) in [4.78, 5) is 1.14. The van der Waals surface area contributed by atoms with E-state index in [0.29, 0.717) is 30.3 Å². The third kappa shape index (κ3) is 5.72. The van der Waals surface area contributed by atoms with Crippen LogP contribution in [0.3, 0.4) is 0 Å². The molecule has 1 aliphatic rings. The maximum atomic E-state index is 12.6. The standard InChI is InChI=1S/C19H22ClNO3S2/c20-17-6-4-5-16(13-17)14-26(22,23)21-15-19(9-11-24-12-10-19)25-18-7-2-1-3-8-18/h1-8,13,21H,9-12,14-15H2. The molecule has 26 heavy (non-hydrogen) atoms. The summed E-state index contributed by atoms with van der Waals surface area (Å²) in [6, 6.07) is 17.0. The summed E-state index contributed by atoms with van der Waals surface area (Å²) in [6.45, 7) is 1.69. The predicted molar refractivity (Wildman–Crippen MR) is 107 cm³/mol. The number of rotatable bonds is 7. The van der Waals surface area contributed by atoms with E-state index in [-0.39, 0.29) is 10.5 Å². The summed E-state index contributed by atoms with van der Waals surface area (Å²) < 4.78 is 33.2. The minimum Gasteiger partial charge on any atom is -0.381 e. The van der Waals surface area contributed by atoms with Gasteiger partial charge in [0.15, 0.2) is 0 Å². The van der Waals surface area contributed by atoms with Crippen molar-refractivity contribution in [3.63, 3.8) is 0 Å². The first kappa shape index (κ1) is 19.7. The molecule has 1 fully saturated rings. The highest BCUT2D eigenvalue weighted by atomic mass is 35.5. The fourth-order valence-corrected chi connectivity index (χ4v) is 5.76. The van der Waals surface area contributed by atoms with Crippen LogP contribution >= 0.6 is 23.4 Å². The highest BCUT2D eigenvalue weighted by Gasteiger charge is 2.35. The van der Waals surface area contributed by atoms with Gasteiger partial charge in [0.1, 0.15) is 0 Å². The molecule has 0 atom stereocenters. The maximum Gasteiger partial charge on any atom is 0.215 e. The van der Waals surface area contributed by atoms with Crippen molar-refractivity contribution in [2.75, 3.05) is 19.8 Å². The third-order valence-electron chi connectivity index (χ3n) is 4.34. The van der Waals surface area contributed by atoms with Gasteiger partial charge in [0.25, 0.3) is 0 Å². The van der Waals surface area contributed by atoms with Gasteiger partial charge in [-0.1, -0.05) is 41.9 Å². The van der Waals surface area contributed by atoms with Crippen LogP contribution in [0.1, 0.15) is 18.4 Å². The molecule has 0 unspecified atom stereocenters. The summed E-state index contributed by atoms with van der Waals surface area (Å²) in [5, 5.41) is 0.540. The second-order valence-corrected chi connectivity index (χ2v) is 10.2. The summed E-state index contributed by atoms with van der Waals surface area (Å²) >= 11 is 7.69. The molecule has 140 valence electrons. The van der Waals surface area contributed by atoms with E-state index in [2.05, 4.69) is 16.9 Å². The van der Waals surface area contributed by atoms with Gasteiger partial charge in [0, 0.05) is 34.4 Å². The van der Waals surface area contributed by atoms with E-state index in [0.717, 1.165) is 17.7 Å². The van der Waals surface area contributed by atoms with Crippen molar-refractivity contribution in [3.05, 3.63) is 65.2 Å². The number of hydrogen-bond donors (Lipinski definition) is 1. The Morgan fingerprint density at radius 1 is 1.08 bits per heavy atom. The number of ether oxygens (including phenoxy) is 1. The minimum atomic E-state index is -3.44. The van der Waals surface area contributed by atoms with Crippen LogP contribution in [0, 0.1) is 0 Å². The van der Waals surface area contributed by atoms with Gasteiger partial charge in [-0.3, -0.25) is 0 Å². The minimum absolute atomic E-state index is 0.0733. The smallest absolute Gasteiger partial charge is 0.215 e. The largest absolute Gasteiger partial charge is 0.381 e. The normalized spacial score (nSPS) is 17.1. The first-order valence-electron chi connectivity index (χ1n) is 8.50. The molecule has 4 nitrogen and oxygen atoms in total. The Labute approximate surface area is 164 Å². The fourth-order valence-electron chi connectivity index (χ4n) is 2.94. The number of benzene rings is 2. The van der Waals surface area contributed by atoms with E-state index < -0.39 is 10.0 Å². The second kappa shape index (κ2) is 8.76. The van der Waals surface area contributed by atoms with Crippen molar-refractivity contribution in [2.45, 2.75) is 28.2 Å². The molecule has 7 heteroatoms. The Morgan fingerprint density at radius 2 is 1.81 bits per heavy atom. The molecule has 3 rings (SSSR count). The molecule has 2 aromatic carbocycles. The Morgan fingerprint density at radius 3 is 2.50 bits per heavy atom. The van der Waals surface area contributed by atoms with E-state index in [1.54, 1.807) is 36.0 Å². The SMILES string of the molecule is O=S(=O)(Cc1cccc(Cl)c1)NCC1(Sc2ccccc2)CCOCC1. The molecule has 0 amide bonds. The summed E-state index contributed by atoms with van der Waals surface area (Å²) in [5.41, 5.74) is 0.682. The van der Waals surface area contributed by atoms with Crippen molar-refractivity contribution in [1.29, 1.82) is 0 Å². The van der Waals surface area contributed by atoms with Gasteiger partial charge in [-0.15, -0.1) is 11.8 Å². The van der Waals surface area contributed by atoms with Gasteiger partial charge in [-0.25, -0.2) is 13.1 Å². The van der Waals surface area contributed by atoms with E-state index in [1.165, 1.54) is 0 Å². The Bertz CT molecular complexity index is 822. The fraction of sp³-hybridized carbons (Fsp3) is 0.368. The van der Waals surface area contributed by atoms with Gasteiger partial charge in [0.2, 0.25) is 10.0 Å². The molecule has 0 aliphatic carbocycles. The van der Waals surface area contributed by atoms with Crippen LogP contribution in [0.25, 0.3) is 0 Å². The number of halogens is 1. The number of sulfonamides is 1. The predicted octanol–water partition coefficient (Wildman–Crippen LogP) is 4.10. The van der Waals surface area contributed by atoms with Crippen molar-refractivity contribution in [3.8, 4) is 0 Å². The molecule has 1 heterocycles. The van der Waals surface area contributed by atoms with Crippen LogP contribution in [0.5, 0.6) is 0 Å². The maximum absolute atomic E-state index is 12.6. The van der Waals surface area contributed by atoms with E-state index >= 15 is 0 Å². The molecule has 1 N–H and O–H groups in total. The van der Waals surface area contributed by atoms with Crippen LogP contribution in [0.2, 0.25) is 5.02 Å². The Hall–Kier alpha value is -1.05. The van der Waals surface area contributed by atoms with Crippen molar-refractivity contribution in [1.82, 2.24) is 4.72 Å². The molecule has 2 aromatic rings. The summed E-state index contributed by atoms with van der Waals surface area (Å²) in [6.07, 6.45) is 1.62. The van der Waals surface area contributed by atoms with E-state index in [9.17, 15) is 8.42 Å². The topological polar surface area (TPSA) is 55.4 Å². The zero-order chi connectivity index (χ0) is 18.5. The van der Waals surface area contributed by atoms with Crippen molar-refractivity contribution in [2.24, 2.45) is 0 Å². The molecule has 1 aliphatic heterocycles. The molecule has 0 aromatic heterocycles. The number of nitrogens with one attached hydrogen (secondary N) is 1. The molecular formula is C19H22ClNO3S2. The van der Waals surface area contributed by atoms with Crippen LogP contribution in [-0.2, 0) is 20.5 Å². The lowest BCUT2D eigenvalue weighted by atomic mass is 9.99. The lowest BCUT2D eigenvalue weighted by molar-refractivity contribution is 0.0784. The molecule has 0 bridgehead atoms. The quantitative estimate of drug-likeness (QED) is 0.745. The monoisotopic (exact) mass is 411 g/mol. The van der Waals surface area contributed by atoms with Gasteiger partial charge in [0.05, 0.1) is 5.75 Å². The zero-order valence-electron chi connectivity index (χ0n) is 14.4. The molecular weight excluding hydrogens is 390 g/mol. The van der Waals surface area contributed by atoms with E-state index in [1.807, 2.05) is 18.2 Å². The summed E-state index contributed by atoms with van der Waals surface area (Å²) in [7, 11) is -3.44. The average Bonchev–Trinajstić information content (AvgIpc) is 2.62. The molecule has 0 radical (unpaired) electrons. The van der Waals surface area contributed by atoms with Gasteiger partial charge in [-0.2, -0.15) is 0 Å². The lowest BCUT2D eigenvalue weighted by Gasteiger charge is -2.36. The highest BCUT2D eigenvalue weighted by Crippen LogP contribution is 2.40. The zero-order valence-corrected chi connectivity index (χ0v) is 16.7. The highest BCUT2D eigenvalue weighted by molar-refractivity contribution is 8.00. The third-order valence-corrected chi connectivity index (χ3v) is 7.37. The van der Waals surface area contributed by atoms with E-state index in [4.69, 9.17) is 16.3 Å². The van der Waals surface area contributed by atoms with Crippen LogP contribution in [0.15, 0.2) is 59.5 Å². The van der Waals surface area contributed by atoms with Crippen molar-refractivity contribution >= 4 is 33.4 Å². The molecule has 0 saturated carbocycles. The van der Waals surface area contributed by atoms with Crippen LogP contribution in [-0.4, -0.2) is 32.9 Å². The summed E-state index contributed by atoms with van der Waals surface area (Å²) in [5.74, 6) is -0.0733. The van der Waals surface area contributed by atoms with Gasteiger partial charge >= 0.3 is 0 Å². The van der Waals surface area contributed by atoms with Crippen LogP contribution < -0.4 is 4.72 Å². The first-order chi connectivity index (χ1) is 12.5. The average molecular weight is 412 g/mol. The van der Waals surface area contributed by atoms with Crippen LogP contribution in [0.4, 0.5) is 0 Å². The molecule has 0 spiro atoms. The Balaban J connectivity index is 1.68. The number of thioether (sulfide) groups is 1. The van der Waals surface area contributed by atoms with Gasteiger partial charge in [-0.05, 0) is 42.7 Å². The van der Waals surface area contributed by atoms with Gasteiger partial charge < -0.3 is 4.74 Å². The first-order valence-corrected chi connectivity index (χ1v) is 11.3. The number of hydrogen-bond acceptors (Lipinski definition) is 4.